The number of nitrogens with one attached hydrogen (secondary N) is 2. The zero-order chi connectivity index (χ0) is 20.3. The van der Waals surface area contributed by atoms with E-state index in [1.807, 2.05) is 0 Å². The first-order chi connectivity index (χ1) is 13.4. The summed E-state index contributed by atoms with van der Waals surface area (Å²) >= 11 is 0. The quantitative estimate of drug-likeness (QED) is 0.475. The van der Waals surface area contributed by atoms with E-state index in [2.05, 4.69) is 22.8 Å². The number of nitrogens with zero attached hydrogens (tertiary/aromatic N) is 1. The van der Waals surface area contributed by atoms with E-state index in [-0.39, 0.29) is 49.6 Å². The molecular formula is C21H36N4O4. The van der Waals surface area contributed by atoms with Crippen LogP contribution in [0, 0.1) is 5.92 Å². The van der Waals surface area contributed by atoms with Gasteiger partial charge in [-0.2, -0.15) is 0 Å². The van der Waals surface area contributed by atoms with Gasteiger partial charge in [-0.3, -0.25) is 19.2 Å². The van der Waals surface area contributed by atoms with Crippen molar-refractivity contribution in [2.75, 3.05) is 13.6 Å². The van der Waals surface area contributed by atoms with Crippen molar-refractivity contribution in [3.05, 3.63) is 12.2 Å². The van der Waals surface area contributed by atoms with Crippen LogP contribution in [0.2, 0.25) is 0 Å². The molecule has 1 saturated heterocycles. The molecule has 0 radical (unpaired) electrons. The first kappa shape index (κ1) is 23.5. The summed E-state index contributed by atoms with van der Waals surface area (Å²) in [5.74, 6) is 4.92. The highest BCUT2D eigenvalue weighted by Gasteiger charge is 2.58. The number of amides is 2. The molecule has 0 aromatic carbocycles. The minimum atomic E-state index is -0.841. The lowest BCUT2D eigenvalue weighted by Crippen LogP contribution is -2.55. The molecule has 29 heavy (non-hydrogen) atoms. The fourth-order valence-electron chi connectivity index (χ4n) is 4.49. The van der Waals surface area contributed by atoms with Gasteiger partial charge in [-0.05, 0) is 39.7 Å². The van der Waals surface area contributed by atoms with E-state index in [0.717, 1.165) is 32.1 Å². The Labute approximate surface area is 173 Å². The topological polar surface area (TPSA) is 114 Å². The highest BCUT2D eigenvalue weighted by Crippen LogP contribution is 2.45. The zero-order valence-electron chi connectivity index (χ0n) is 16.8. The second-order valence-electron chi connectivity index (χ2n) is 8.24. The lowest BCUT2D eigenvalue weighted by Gasteiger charge is -2.29. The number of hydrogen-bond donors (Lipinski definition) is 3. The van der Waals surface area contributed by atoms with Crippen LogP contribution in [0.4, 0.5) is 0 Å². The summed E-state index contributed by atoms with van der Waals surface area (Å²) in [4.78, 5) is 45.0. The number of fused-ring (bicyclic) bond motifs is 2. The van der Waals surface area contributed by atoms with Crippen molar-refractivity contribution >= 4 is 17.6 Å². The van der Waals surface area contributed by atoms with Gasteiger partial charge in [-0.15, -0.1) is 0 Å². The van der Waals surface area contributed by atoms with Gasteiger partial charge < -0.3 is 15.5 Å². The first-order valence-corrected chi connectivity index (χ1v) is 10.3. The fourth-order valence-corrected chi connectivity index (χ4v) is 4.49. The average Bonchev–Trinajstić information content (AvgIpc) is 3.19. The van der Waals surface area contributed by atoms with Gasteiger partial charge in [0.1, 0.15) is 11.6 Å². The second kappa shape index (κ2) is 9.82. The van der Waals surface area contributed by atoms with Crippen molar-refractivity contribution in [3.8, 4) is 0 Å². The first-order valence-electron chi connectivity index (χ1n) is 10.3. The third-order valence-corrected chi connectivity index (χ3v) is 6.41. The molecule has 8 nitrogen and oxygen atoms in total. The number of allylic oxidation sites excluding steroid dienone is 1. The van der Waals surface area contributed by atoms with E-state index >= 15 is 0 Å². The summed E-state index contributed by atoms with van der Waals surface area (Å²) in [6.07, 6.45) is 9.41. The molecular weight excluding hydrogens is 372 g/mol. The number of likely N-dealkylation sites (N-methyl/N-ethyl adjacent to an activating group) is 1. The molecule has 0 aromatic heterocycles. The number of ketones is 1. The van der Waals surface area contributed by atoms with Gasteiger partial charge in [-0.1, -0.05) is 32.4 Å². The van der Waals surface area contributed by atoms with Crippen LogP contribution in [-0.2, 0) is 19.2 Å². The summed E-state index contributed by atoms with van der Waals surface area (Å²) in [5.41, 5.74) is -0.841. The molecule has 164 valence electrons. The summed E-state index contributed by atoms with van der Waals surface area (Å²) in [7, 11) is 1.76. The maximum absolute atomic E-state index is 13.1. The van der Waals surface area contributed by atoms with Crippen molar-refractivity contribution in [1.82, 2.24) is 15.5 Å². The minimum Gasteiger partial charge on any atom is -0.341 e. The van der Waals surface area contributed by atoms with Gasteiger partial charge in [0.15, 0.2) is 5.78 Å². The average molecular weight is 409 g/mol. The summed E-state index contributed by atoms with van der Waals surface area (Å²) in [5, 5.41) is 6.04. The van der Waals surface area contributed by atoms with Gasteiger partial charge >= 0.3 is 0 Å². The van der Waals surface area contributed by atoms with Crippen LogP contribution in [0.5, 0.6) is 0 Å². The molecule has 3 rings (SSSR count). The Morgan fingerprint density at radius 3 is 2.76 bits per heavy atom. The molecule has 1 aliphatic carbocycles. The normalized spacial score (nSPS) is 36.6. The predicted molar refractivity (Wildman–Crippen MR) is 111 cm³/mol. The van der Waals surface area contributed by atoms with E-state index in [1.165, 1.54) is 6.92 Å². The van der Waals surface area contributed by atoms with Crippen molar-refractivity contribution < 1.29 is 19.2 Å². The zero-order valence-corrected chi connectivity index (χ0v) is 16.8. The molecule has 5 atom stereocenters. The number of Topliss-reactive ketones (excluding diaryl/α,β-unsaturated/α-hetero) is 1. The van der Waals surface area contributed by atoms with Crippen molar-refractivity contribution in [1.29, 1.82) is 0 Å². The van der Waals surface area contributed by atoms with E-state index < -0.39 is 11.6 Å². The molecule has 2 heterocycles. The van der Waals surface area contributed by atoms with Crippen molar-refractivity contribution in [2.45, 2.75) is 83.0 Å². The molecule has 0 spiro atoms. The SMILES string of the molecule is C.CN[C@H]1CCCCC/C=C\[C@@H]2C[C@@]2(C(C)=O)NC(=O)[C@@H]2C[C@@H](ON)CN2C1=O. The Bertz CT molecular complexity index is 653. The summed E-state index contributed by atoms with van der Waals surface area (Å²) < 4.78 is 0. The van der Waals surface area contributed by atoms with E-state index in [4.69, 9.17) is 10.7 Å². The van der Waals surface area contributed by atoms with Gasteiger partial charge in [-0.25, -0.2) is 5.90 Å². The largest absolute Gasteiger partial charge is 0.341 e. The summed E-state index contributed by atoms with van der Waals surface area (Å²) in [6.45, 7) is 1.80. The number of nitrogens with two attached hydrogens (primary N) is 1. The van der Waals surface area contributed by atoms with Crippen LogP contribution in [0.3, 0.4) is 0 Å². The molecule has 2 amide bonds. The van der Waals surface area contributed by atoms with Crippen LogP contribution in [-0.4, -0.2) is 59.8 Å². The smallest absolute Gasteiger partial charge is 0.243 e. The van der Waals surface area contributed by atoms with E-state index in [1.54, 1.807) is 11.9 Å². The molecule has 0 bridgehead atoms. The Kier molecular flexibility index (Phi) is 7.96. The van der Waals surface area contributed by atoms with E-state index in [9.17, 15) is 14.4 Å². The maximum atomic E-state index is 13.1. The Balaban J connectivity index is 0.00000300. The number of rotatable bonds is 3. The molecule has 8 heteroatoms. The van der Waals surface area contributed by atoms with Crippen LogP contribution >= 0.6 is 0 Å². The van der Waals surface area contributed by atoms with Gasteiger partial charge in [0.05, 0.1) is 12.1 Å². The lowest BCUT2D eigenvalue weighted by molar-refractivity contribution is -0.141. The number of carbonyl (C=O) groups excluding carboxylic acids is 3. The Morgan fingerprint density at radius 2 is 2.10 bits per heavy atom. The monoisotopic (exact) mass is 408 g/mol. The van der Waals surface area contributed by atoms with Gasteiger partial charge in [0, 0.05) is 18.9 Å². The number of hydrogen-bond acceptors (Lipinski definition) is 6. The molecule has 2 fully saturated rings. The molecule has 2 aliphatic heterocycles. The fraction of sp³-hybridized carbons (Fsp3) is 0.762. The summed E-state index contributed by atoms with van der Waals surface area (Å²) in [6, 6.07) is -1.02. The maximum Gasteiger partial charge on any atom is 0.243 e. The predicted octanol–water partition coefficient (Wildman–Crippen LogP) is 1.05. The highest BCUT2D eigenvalue weighted by molar-refractivity contribution is 5.98. The van der Waals surface area contributed by atoms with Crippen molar-refractivity contribution in [3.63, 3.8) is 0 Å². The van der Waals surface area contributed by atoms with Crippen LogP contribution in [0.15, 0.2) is 12.2 Å². The Morgan fingerprint density at radius 1 is 1.34 bits per heavy atom. The molecule has 0 unspecified atom stereocenters. The van der Waals surface area contributed by atoms with Crippen LogP contribution in [0.1, 0.15) is 59.3 Å². The van der Waals surface area contributed by atoms with Crippen molar-refractivity contribution in [2.24, 2.45) is 11.8 Å². The lowest BCUT2D eigenvalue weighted by atomic mass is 10.1. The third-order valence-electron chi connectivity index (χ3n) is 6.41. The highest BCUT2D eigenvalue weighted by atomic mass is 16.6. The Hall–Kier alpha value is -1.77. The number of carbonyl (C=O) groups is 3. The van der Waals surface area contributed by atoms with Gasteiger partial charge in [0.25, 0.3) is 0 Å². The molecule has 4 N–H and O–H groups in total. The molecule has 1 saturated carbocycles. The third kappa shape index (κ3) is 4.87. The van der Waals surface area contributed by atoms with E-state index in [0.29, 0.717) is 12.8 Å². The molecule has 3 aliphatic rings. The minimum absolute atomic E-state index is 0. The molecule has 0 aromatic rings. The van der Waals surface area contributed by atoms with Crippen LogP contribution < -0.4 is 16.5 Å². The second-order valence-corrected chi connectivity index (χ2v) is 8.24. The van der Waals surface area contributed by atoms with Gasteiger partial charge in [0.2, 0.25) is 11.8 Å². The van der Waals surface area contributed by atoms with Crippen LogP contribution in [0.25, 0.3) is 0 Å². The standard InChI is InChI=1S/C20H32N4O4.CH4/c1-13(25)20-11-14(20)8-6-4-3-5-7-9-16(22-2)19(27)24-12-15(28-21)10-17(24)18(26)23-20;/h6,8,14-17,22H,3-5,7,9-12,21H2,1-2H3,(H,23,26);1H4/b8-6-;/t14-,15-,16+,17+,20+;/m1./s1.